The summed E-state index contributed by atoms with van der Waals surface area (Å²) in [6.45, 7) is 6.54. The van der Waals surface area contributed by atoms with Crippen molar-refractivity contribution in [2.24, 2.45) is 5.92 Å². The van der Waals surface area contributed by atoms with E-state index >= 15 is 0 Å². The smallest absolute Gasteiger partial charge is 0.157 e. The predicted molar refractivity (Wildman–Crippen MR) is 71.6 cm³/mol. The maximum absolute atomic E-state index is 10.2. The van der Waals surface area contributed by atoms with Crippen molar-refractivity contribution in [1.29, 1.82) is 0 Å². The molecule has 0 amide bonds. The van der Waals surface area contributed by atoms with Crippen molar-refractivity contribution in [2.75, 3.05) is 11.9 Å². The van der Waals surface area contributed by atoms with Crippen LogP contribution in [0, 0.1) is 5.92 Å². The zero-order valence-corrected chi connectivity index (χ0v) is 11.1. The predicted octanol–water partition coefficient (Wildman–Crippen LogP) is 1.94. The molecule has 0 saturated heterocycles. The van der Waals surface area contributed by atoms with E-state index in [0.717, 1.165) is 17.9 Å². The summed E-state index contributed by atoms with van der Waals surface area (Å²) >= 11 is 0. The maximum atomic E-state index is 10.2. The molecule has 1 atom stereocenters. The molecule has 5 nitrogen and oxygen atoms in total. The zero-order valence-electron chi connectivity index (χ0n) is 11.1. The van der Waals surface area contributed by atoms with Crippen molar-refractivity contribution in [3.8, 4) is 0 Å². The van der Waals surface area contributed by atoms with E-state index < -0.39 is 5.60 Å². The Morgan fingerprint density at radius 2 is 2.22 bits per heavy atom. The molecule has 0 fully saturated rings. The van der Waals surface area contributed by atoms with Gasteiger partial charge in [-0.2, -0.15) is 5.10 Å². The van der Waals surface area contributed by atoms with Crippen LogP contribution in [0.4, 0.5) is 5.82 Å². The molecule has 0 aliphatic carbocycles. The van der Waals surface area contributed by atoms with E-state index in [-0.39, 0.29) is 0 Å². The van der Waals surface area contributed by atoms with Crippen molar-refractivity contribution in [2.45, 2.75) is 32.8 Å². The number of hydrogen-bond acceptors (Lipinski definition) is 4. The molecular formula is C13H20N4O. The van der Waals surface area contributed by atoms with Crippen LogP contribution in [-0.4, -0.2) is 31.9 Å². The summed E-state index contributed by atoms with van der Waals surface area (Å²) in [5.41, 5.74) is 0.0749. The van der Waals surface area contributed by atoms with Gasteiger partial charge in [0, 0.05) is 18.8 Å². The summed E-state index contributed by atoms with van der Waals surface area (Å²) in [6.07, 6.45) is 4.32. The average molecular weight is 248 g/mol. The molecule has 2 N–H and O–H groups in total. The molecule has 98 valence electrons. The summed E-state index contributed by atoms with van der Waals surface area (Å²) in [7, 11) is 0. The highest BCUT2D eigenvalue weighted by molar-refractivity contribution is 5.45. The Balaban J connectivity index is 2.00. The van der Waals surface area contributed by atoms with Gasteiger partial charge in [-0.3, -0.25) is 0 Å². The Kier molecular flexibility index (Phi) is 3.52. The lowest BCUT2D eigenvalue weighted by Crippen LogP contribution is -2.35. The summed E-state index contributed by atoms with van der Waals surface area (Å²) in [6, 6.07) is 3.70. The van der Waals surface area contributed by atoms with E-state index in [1.807, 2.05) is 25.3 Å². The Hall–Kier alpha value is -1.62. The van der Waals surface area contributed by atoms with Gasteiger partial charge in [-0.15, -0.1) is 0 Å². The first-order valence-corrected chi connectivity index (χ1v) is 6.23. The lowest BCUT2D eigenvalue weighted by atomic mass is 9.94. The fourth-order valence-corrected chi connectivity index (χ4v) is 2.14. The lowest BCUT2D eigenvalue weighted by molar-refractivity contribution is 0.0515. The Morgan fingerprint density at radius 3 is 2.94 bits per heavy atom. The van der Waals surface area contributed by atoms with Crippen molar-refractivity contribution < 1.29 is 5.11 Å². The fraction of sp³-hybridized carbons (Fsp3) is 0.538. The van der Waals surface area contributed by atoms with E-state index in [2.05, 4.69) is 29.2 Å². The van der Waals surface area contributed by atoms with Gasteiger partial charge in [0.05, 0.1) is 11.8 Å². The first kappa shape index (κ1) is 12.8. The Bertz CT molecular complexity index is 518. The molecular weight excluding hydrogens is 228 g/mol. The molecule has 0 aliphatic heterocycles. The molecule has 0 saturated carbocycles. The largest absolute Gasteiger partial charge is 0.388 e. The SMILES string of the molecule is CC(C)CC(C)(O)CNc1ccn2nccc2n1. The molecule has 0 aliphatic rings. The van der Waals surface area contributed by atoms with Crippen LogP contribution in [0.3, 0.4) is 0 Å². The fourth-order valence-electron chi connectivity index (χ4n) is 2.14. The molecule has 1 unspecified atom stereocenters. The third-order valence-corrected chi connectivity index (χ3v) is 2.76. The van der Waals surface area contributed by atoms with E-state index in [1.54, 1.807) is 10.7 Å². The van der Waals surface area contributed by atoms with Gasteiger partial charge in [0.2, 0.25) is 0 Å². The molecule has 0 bridgehead atoms. The van der Waals surface area contributed by atoms with Crippen LogP contribution in [0.2, 0.25) is 0 Å². The van der Waals surface area contributed by atoms with E-state index in [0.29, 0.717) is 12.5 Å². The van der Waals surface area contributed by atoms with Gasteiger partial charge in [-0.1, -0.05) is 13.8 Å². The third-order valence-electron chi connectivity index (χ3n) is 2.76. The van der Waals surface area contributed by atoms with Gasteiger partial charge < -0.3 is 10.4 Å². The molecule has 2 aromatic heterocycles. The monoisotopic (exact) mass is 248 g/mol. The van der Waals surface area contributed by atoms with Crippen molar-refractivity contribution >= 4 is 11.5 Å². The van der Waals surface area contributed by atoms with Crippen LogP contribution >= 0.6 is 0 Å². The van der Waals surface area contributed by atoms with Crippen LogP contribution in [0.25, 0.3) is 5.65 Å². The number of anilines is 1. The summed E-state index contributed by atoms with van der Waals surface area (Å²) in [5, 5.41) is 17.5. The van der Waals surface area contributed by atoms with E-state index in [1.165, 1.54) is 0 Å². The Morgan fingerprint density at radius 1 is 1.44 bits per heavy atom. The second-order valence-corrected chi connectivity index (χ2v) is 5.40. The summed E-state index contributed by atoms with van der Waals surface area (Å²) in [5.74, 6) is 1.22. The first-order chi connectivity index (χ1) is 8.46. The molecule has 2 heterocycles. The average Bonchev–Trinajstić information content (AvgIpc) is 2.71. The molecule has 5 heteroatoms. The van der Waals surface area contributed by atoms with Crippen LogP contribution in [0.5, 0.6) is 0 Å². The molecule has 0 spiro atoms. The van der Waals surface area contributed by atoms with Crippen molar-refractivity contribution in [3.63, 3.8) is 0 Å². The van der Waals surface area contributed by atoms with Crippen molar-refractivity contribution in [3.05, 3.63) is 24.5 Å². The van der Waals surface area contributed by atoms with E-state index in [9.17, 15) is 5.11 Å². The lowest BCUT2D eigenvalue weighted by Gasteiger charge is -2.25. The topological polar surface area (TPSA) is 62.5 Å². The van der Waals surface area contributed by atoms with Gasteiger partial charge in [0.25, 0.3) is 0 Å². The number of nitrogens with one attached hydrogen (secondary N) is 1. The van der Waals surface area contributed by atoms with Crippen LogP contribution in [0.15, 0.2) is 24.5 Å². The van der Waals surface area contributed by atoms with Crippen LogP contribution in [-0.2, 0) is 0 Å². The number of hydrogen-bond donors (Lipinski definition) is 2. The van der Waals surface area contributed by atoms with Gasteiger partial charge in [0.15, 0.2) is 5.65 Å². The molecule has 0 aromatic carbocycles. The van der Waals surface area contributed by atoms with Gasteiger partial charge >= 0.3 is 0 Å². The maximum Gasteiger partial charge on any atom is 0.157 e. The highest BCUT2D eigenvalue weighted by Gasteiger charge is 2.21. The molecule has 2 rings (SSSR count). The highest BCUT2D eigenvalue weighted by Crippen LogP contribution is 2.17. The van der Waals surface area contributed by atoms with E-state index in [4.69, 9.17) is 0 Å². The van der Waals surface area contributed by atoms with Crippen molar-refractivity contribution in [1.82, 2.24) is 14.6 Å². The number of aliphatic hydroxyl groups is 1. The molecule has 0 radical (unpaired) electrons. The zero-order chi connectivity index (χ0) is 13.2. The van der Waals surface area contributed by atoms with Crippen LogP contribution in [0.1, 0.15) is 27.2 Å². The highest BCUT2D eigenvalue weighted by atomic mass is 16.3. The summed E-state index contributed by atoms with van der Waals surface area (Å²) < 4.78 is 1.71. The second kappa shape index (κ2) is 4.94. The minimum atomic E-state index is -0.720. The van der Waals surface area contributed by atoms with Gasteiger partial charge in [-0.05, 0) is 25.3 Å². The molecule has 18 heavy (non-hydrogen) atoms. The number of aromatic nitrogens is 3. The van der Waals surface area contributed by atoms with Crippen LogP contribution < -0.4 is 5.32 Å². The Labute approximate surface area is 107 Å². The second-order valence-electron chi connectivity index (χ2n) is 5.40. The minimum Gasteiger partial charge on any atom is -0.388 e. The van der Waals surface area contributed by atoms with Gasteiger partial charge in [0.1, 0.15) is 5.82 Å². The first-order valence-electron chi connectivity index (χ1n) is 6.23. The number of rotatable bonds is 5. The third kappa shape index (κ3) is 3.20. The standard InChI is InChI=1S/C13H20N4O/c1-10(2)8-13(3,18)9-14-11-5-7-17-12(16-11)4-6-15-17/h4-7,10,18H,8-9H2,1-3H3,(H,14,16). The number of fused-ring (bicyclic) bond motifs is 1. The summed E-state index contributed by atoms with van der Waals surface area (Å²) in [4.78, 5) is 4.40. The quantitative estimate of drug-likeness (QED) is 0.849. The number of nitrogens with zero attached hydrogens (tertiary/aromatic N) is 3. The normalized spacial score (nSPS) is 14.9. The minimum absolute atomic E-state index is 0.465. The van der Waals surface area contributed by atoms with Gasteiger partial charge in [-0.25, -0.2) is 9.50 Å². The molecule has 2 aromatic rings.